The average molecular weight is 329 g/mol. The van der Waals surface area contributed by atoms with Crippen LogP contribution in [0, 0.1) is 17.5 Å². The molecule has 2 rings (SSSR count). The molecule has 0 aliphatic heterocycles. The number of carbonyl (C=O) groups is 1. The zero-order valence-electron chi connectivity index (χ0n) is 11.3. The lowest BCUT2D eigenvalue weighted by Gasteiger charge is -2.08. The maximum atomic E-state index is 13.4. The molecule has 0 atom stereocenters. The summed E-state index contributed by atoms with van der Waals surface area (Å²) in [6, 6.07) is 8.73. The molecule has 3 nitrogen and oxygen atoms in total. The maximum absolute atomic E-state index is 13.4. The molecule has 0 spiro atoms. The highest BCUT2D eigenvalue weighted by Crippen LogP contribution is 2.19. The highest BCUT2D eigenvalue weighted by molar-refractivity contribution is 6.30. The van der Waals surface area contributed by atoms with Gasteiger partial charge in [0, 0.05) is 11.6 Å². The molecule has 2 aromatic rings. The van der Waals surface area contributed by atoms with E-state index in [9.17, 15) is 18.0 Å². The molecule has 7 heteroatoms. The summed E-state index contributed by atoms with van der Waals surface area (Å²) in [5, 5.41) is 5.62. The number of anilines is 1. The van der Waals surface area contributed by atoms with E-state index >= 15 is 0 Å². The van der Waals surface area contributed by atoms with Crippen LogP contribution < -0.4 is 10.6 Å². The fourth-order valence-electron chi connectivity index (χ4n) is 1.74. The first-order valence-electron chi connectivity index (χ1n) is 6.36. The highest BCUT2D eigenvalue weighted by Gasteiger charge is 2.14. The van der Waals surface area contributed by atoms with E-state index in [0.29, 0.717) is 11.6 Å². The fourth-order valence-corrected chi connectivity index (χ4v) is 1.87. The molecular weight excluding hydrogens is 317 g/mol. The number of hydrogen-bond donors (Lipinski definition) is 2. The normalized spacial score (nSPS) is 10.5. The van der Waals surface area contributed by atoms with Crippen LogP contribution in [0.15, 0.2) is 36.4 Å². The summed E-state index contributed by atoms with van der Waals surface area (Å²) in [4.78, 5) is 11.6. The summed E-state index contributed by atoms with van der Waals surface area (Å²) in [6.07, 6.45) is 0. The van der Waals surface area contributed by atoms with Crippen molar-refractivity contribution in [2.75, 3.05) is 11.9 Å². The smallest absolute Gasteiger partial charge is 0.238 e. The molecule has 0 saturated carbocycles. The molecule has 0 aliphatic carbocycles. The Morgan fingerprint density at radius 2 is 1.68 bits per heavy atom. The third-order valence-corrected chi connectivity index (χ3v) is 3.09. The van der Waals surface area contributed by atoms with Crippen LogP contribution in [-0.2, 0) is 11.3 Å². The molecule has 2 aromatic carbocycles. The largest absolute Gasteiger partial charge is 0.322 e. The summed E-state index contributed by atoms with van der Waals surface area (Å²) in [5.41, 5.74) is 0.508. The molecule has 116 valence electrons. The van der Waals surface area contributed by atoms with Gasteiger partial charge in [-0.2, -0.15) is 0 Å². The van der Waals surface area contributed by atoms with Crippen molar-refractivity contribution in [3.8, 4) is 0 Å². The molecule has 1 amide bonds. The van der Waals surface area contributed by atoms with Crippen molar-refractivity contribution < 1.29 is 18.0 Å². The van der Waals surface area contributed by atoms with Crippen LogP contribution in [-0.4, -0.2) is 12.5 Å². The first-order chi connectivity index (χ1) is 10.5. The van der Waals surface area contributed by atoms with E-state index in [1.165, 1.54) is 0 Å². The van der Waals surface area contributed by atoms with Crippen LogP contribution in [0.4, 0.5) is 18.9 Å². The van der Waals surface area contributed by atoms with Crippen LogP contribution in [0.2, 0.25) is 5.02 Å². The van der Waals surface area contributed by atoms with Crippen LogP contribution in [0.5, 0.6) is 0 Å². The van der Waals surface area contributed by atoms with Crippen molar-refractivity contribution in [1.82, 2.24) is 5.32 Å². The summed E-state index contributed by atoms with van der Waals surface area (Å²) >= 11 is 5.75. The van der Waals surface area contributed by atoms with Gasteiger partial charge in [0.05, 0.1) is 12.2 Å². The first kappa shape index (κ1) is 16.3. The molecule has 0 bridgehead atoms. The maximum Gasteiger partial charge on any atom is 0.238 e. The summed E-state index contributed by atoms with van der Waals surface area (Å²) in [5.74, 6) is -4.92. The van der Waals surface area contributed by atoms with E-state index in [1.807, 2.05) is 0 Å². The Labute approximate surface area is 130 Å². The zero-order valence-corrected chi connectivity index (χ0v) is 12.1. The van der Waals surface area contributed by atoms with E-state index in [0.717, 1.165) is 17.7 Å². The predicted molar refractivity (Wildman–Crippen MR) is 78.1 cm³/mol. The van der Waals surface area contributed by atoms with Crippen molar-refractivity contribution in [3.63, 3.8) is 0 Å². The number of nitrogens with one attached hydrogen (secondary N) is 2. The van der Waals surface area contributed by atoms with Gasteiger partial charge in [0.1, 0.15) is 0 Å². The van der Waals surface area contributed by atoms with Crippen LogP contribution in [0.3, 0.4) is 0 Å². The van der Waals surface area contributed by atoms with Crippen molar-refractivity contribution in [1.29, 1.82) is 0 Å². The molecule has 0 radical (unpaired) electrons. The molecular formula is C15H12ClF3N2O. The van der Waals surface area contributed by atoms with Gasteiger partial charge in [-0.3, -0.25) is 4.79 Å². The van der Waals surface area contributed by atoms with Crippen molar-refractivity contribution in [3.05, 3.63) is 64.4 Å². The number of benzene rings is 2. The SMILES string of the molecule is O=C(CNCc1ccc(Cl)cc1)Nc1ccc(F)c(F)c1F. The zero-order chi connectivity index (χ0) is 16.1. The van der Waals surface area contributed by atoms with Gasteiger partial charge in [0.15, 0.2) is 17.5 Å². The van der Waals surface area contributed by atoms with Crippen LogP contribution in [0.25, 0.3) is 0 Å². The van der Waals surface area contributed by atoms with Gasteiger partial charge < -0.3 is 10.6 Å². The Kier molecular flexibility index (Phi) is 5.41. The molecule has 0 aliphatic rings. The van der Waals surface area contributed by atoms with Gasteiger partial charge in [-0.1, -0.05) is 23.7 Å². The van der Waals surface area contributed by atoms with E-state index in [2.05, 4.69) is 10.6 Å². The third-order valence-electron chi connectivity index (χ3n) is 2.84. The molecule has 0 saturated heterocycles. The summed E-state index contributed by atoms with van der Waals surface area (Å²) in [7, 11) is 0. The quantitative estimate of drug-likeness (QED) is 0.825. The van der Waals surface area contributed by atoms with Gasteiger partial charge in [-0.25, -0.2) is 13.2 Å². The minimum atomic E-state index is -1.62. The minimum absolute atomic E-state index is 0.110. The Morgan fingerprint density at radius 1 is 1.00 bits per heavy atom. The van der Waals surface area contributed by atoms with Gasteiger partial charge in [0.25, 0.3) is 0 Å². The number of amides is 1. The first-order valence-corrected chi connectivity index (χ1v) is 6.73. The number of rotatable bonds is 5. The molecule has 0 heterocycles. The monoisotopic (exact) mass is 328 g/mol. The van der Waals surface area contributed by atoms with Gasteiger partial charge >= 0.3 is 0 Å². The van der Waals surface area contributed by atoms with Crippen LogP contribution in [0.1, 0.15) is 5.56 Å². The van der Waals surface area contributed by atoms with Gasteiger partial charge in [-0.05, 0) is 29.8 Å². The Hall–Kier alpha value is -2.05. The predicted octanol–water partition coefficient (Wildman–Crippen LogP) is 3.49. The Bertz CT molecular complexity index is 677. The lowest BCUT2D eigenvalue weighted by molar-refractivity contribution is -0.115. The van der Waals surface area contributed by atoms with Crippen molar-refractivity contribution in [2.45, 2.75) is 6.54 Å². The van der Waals surface area contributed by atoms with E-state index < -0.39 is 29.0 Å². The molecule has 0 aromatic heterocycles. The molecule has 2 N–H and O–H groups in total. The van der Waals surface area contributed by atoms with E-state index in [4.69, 9.17) is 11.6 Å². The summed E-state index contributed by atoms with van der Waals surface area (Å²) < 4.78 is 39.2. The molecule has 0 fully saturated rings. The molecule has 22 heavy (non-hydrogen) atoms. The minimum Gasteiger partial charge on any atom is -0.322 e. The van der Waals surface area contributed by atoms with Crippen molar-refractivity contribution >= 4 is 23.2 Å². The summed E-state index contributed by atoms with van der Waals surface area (Å²) in [6.45, 7) is 0.298. The molecule has 0 unspecified atom stereocenters. The number of halogens is 4. The lowest BCUT2D eigenvalue weighted by atomic mass is 10.2. The fraction of sp³-hybridized carbons (Fsp3) is 0.133. The van der Waals surface area contributed by atoms with E-state index in [1.54, 1.807) is 24.3 Å². The Balaban J connectivity index is 1.86. The third kappa shape index (κ3) is 4.22. The number of carbonyl (C=O) groups excluding carboxylic acids is 1. The Morgan fingerprint density at radius 3 is 2.36 bits per heavy atom. The van der Waals surface area contributed by atoms with Crippen LogP contribution >= 0.6 is 11.6 Å². The lowest BCUT2D eigenvalue weighted by Crippen LogP contribution is -2.28. The van der Waals surface area contributed by atoms with Gasteiger partial charge in [-0.15, -0.1) is 0 Å². The second-order valence-electron chi connectivity index (χ2n) is 4.50. The van der Waals surface area contributed by atoms with Gasteiger partial charge in [0.2, 0.25) is 5.91 Å². The second kappa shape index (κ2) is 7.29. The highest BCUT2D eigenvalue weighted by atomic mass is 35.5. The second-order valence-corrected chi connectivity index (χ2v) is 4.94. The van der Waals surface area contributed by atoms with E-state index in [-0.39, 0.29) is 6.54 Å². The standard InChI is InChI=1S/C15H12ClF3N2O/c16-10-3-1-9(2-4-10)7-20-8-13(22)21-12-6-5-11(17)14(18)15(12)19/h1-6,20H,7-8H2,(H,21,22). The van der Waals surface area contributed by atoms with Crippen molar-refractivity contribution in [2.24, 2.45) is 0 Å². The average Bonchev–Trinajstić information content (AvgIpc) is 2.50. The number of hydrogen-bond acceptors (Lipinski definition) is 2. The topological polar surface area (TPSA) is 41.1 Å².